The maximum absolute atomic E-state index is 10.4. The molecule has 0 aliphatic carbocycles. The summed E-state index contributed by atoms with van der Waals surface area (Å²) >= 11 is 6.40. The molecule has 0 spiro atoms. The minimum absolute atomic E-state index is 0.395. The fourth-order valence-corrected chi connectivity index (χ4v) is 4.32. The molecule has 1 heterocycles. The number of aromatic carboxylic acids is 1. The first-order chi connectivity index (χ1) is 4.61. The van der Waals surface area contributed by atoms with E-state index < -0.39 is 14.9 Å². The summed E-state index contributed by atoms with van der Waals surface area (Å²) in [5, 5.41) is 10.4. The molecule has 0 bridgehead atoms. The molecular weight excluding hydrogens is 284 g/mol. The van der Waals surface area contributed by atoms with Crippen molar-refractivity contribution >= 4 is 45.6 Å². The Morgan fingerprint density at radius 1 is 1.70 bits per heavy atom. The lowest BCUT2D eigenvalue weighted by Gasteiger charge is -1.76. The summed E-state index contributed by atoms with van der Waals surface area (Å²) in [5.41, 5.74) is 0. The van der Waals surface area contributed by atoms with Gasteiger partial charge in [0.1, 0.15) is 0 Å². The number of carboxylic acids is 1. The zero-order valence-electron chi connectivity index (χ0n) is 4.67. The van der Waals surface area contributed by atoms with Crippen LogP contribution in [0.4, 0.5) is 0 Å². The number of thiophene rings is 1. The fourth-order valence-electron chi connectivity index (χ4n) is 0.523. The van der Waals surface area contributed by atoms with Gasteiger partial charge in [-0.1, -0.05) is 0 Å². The summed E-state index contributed by atoms with van der Waals surface area (Å²) < 4.78 is 0.824. The number of carboxylic acid groups (broad SMARTS) is 1. The molecule has 0 saturated carbocycles. The van der Waals surface area contributed by atoms with E-state index in [1.807, 2.05) is 5.38 Å². The molecule has 1 aromatic heterocycles. The van der Waals surface area contributed by atoms with Gasteiger partial charge in [0, 0.05) is 6.07 Å². The molecule has 0 saturated heterocycles. The predicted molar refractivity (Wildman–Crippen MR) is 47.9 cm³/mol. The van der Waals surface area contributed by atoms with Gasteiger partial charge in [0.15, 0.2) is 5.38 Å². The van der Waals surface area contributed by atoms with Crippen LogP contribution in [0.15, 0.2) is 15.9 Å². The molecule has 1 unspecified atom stereocenters. The minimum Gasteiger partial charge on any atom is -0.474 e. The van der Waals surface area contributed by atoms with Gasteiger partial charge in [0.05, 0.1) is 13.4 Å². The third-order valence-corrected chi connectivity index (χ3v) is 4.45. The molecule has 0 aliphatic heterocycles. The van der Waals surface area contributed by atoms with Crippen molar-refractivity contribution < 1.29 is 9.90 Å². The first-order valence-electron chi connectivity index (χ1n) is 2.33. The summed E-state index contributed by atoms with van der Waals surface area (Å²) in [6.07, 6.45) is 0. The van der Waals surface area contributed by atoms with Crippen LogP contribution in [0.1, 0.15) is 9.67 Å². The Kier molecular flexibility index (Phi) is 2.49. The molecule has 5 heteroatoms. The van der Waals surface area contributed by atoms with E-state index in [4.69, 9.17) is 5.11 Å². The minimum atomic E-state index is -0.870. The standard InChI is InChI=1S/C5H2Br2O2S/c6-3-1-4(5(8)9)10(7)2-3/h1-2H/p+1. The Bertz CT molecular complexity index is 269. The van der Waals surface area contributed by atoms with Gasteiger partial charge in [-0.25, -0.2) is 4.79 Å². The molecule has 1 N–H and O–H groups in total. The van der Waals surface area contributed by atoms with Crippen LogP contribution in [0.5, 0.6) is 0 Å². The number of halogens is 2. The van der Waals surface area contributed by atoms with Gasteiger partial charge in [-0.05, 0) is 15.9 Å². The van der Waals surface area contributed by atoms with Crippen LogP contribution in [0.3, 0.4) is 0 Å². The lowest BCUT2D eigenvalue weighted by molar-refractivity contribution is 0.0702. The first-order valence-corrected chi connectivity index (χ1v) is 6.25. The number of hydrogen-bond donors (Lipinski definition) is 1. The summed E-state index contributed by atoms with van der Waals surface area (Å²) in [5.74, 6) is -0.870. The van der Waals surface area contributed by atoms with Gasteiger partial charge in [0.25, 0.3) is 19.7 Å². The van der Waals surface area contributed by atoms with Crippen LogP contribution in [-0.4, -0.2) is 11.1 Å². The third kappa shape index (κ3) is 1.59. The third-order valence-electron chi connectivity index (χ3n) is 0.906. The van der Waals surface area contributed by atoms with Crippen LogP contribution in [0, 0.1) is 0 Å². The molecule has 0 radical (unpaired) electrons. The molecule has 0 aromatic carbocycles. The fraction of sp³-hybridized carbons (Fsp3) is 0. The molecule has 0 fully saturated rings. The van der Waals surface area contributed by atoms with Crippen LogP contribution < -0.4 is 0 Å². The molecule has 1 aromatic rings. The summed E-state index contributed by atoms with van der Waals surface area (Å²) in [6.45, 7) is 0. The van der Waals surface area contributed by atoms with Crippen molar-refractivity contribution in [2.45, 2.75) is 0 Å². The average molecular weight is 287 g/mol. The van der Waals surface area contributed by atoms with Crippen LogP contribution in [0.2, 0.25) is 0 Å². The summed E-state index contributed by atoms with van der Waals surface area (Å²) in [6, 6.07) is 1.60. The first kappa shape index (κ1) is 8.23. The molecule has 0 aliphatic rings. The van der Waals surface area contributed by atoms with Gasteiger partial charge in [0.2, 0.25) is 0 Å². The molecule has 54 valence electrons. The summed E-state index contributed by atoms with van der Waals surface area (Å²) in [4.78, 5) is 10.8. The van der Waals surface area contributed by atoms with Gasteiger partial charge in [-0.2, -0.15) is 0 Å². The van der Waals surface area contributed by atoms with Crippen molar-refractivity contribution in [2.24, 2.45) is 0 Å². The van der Waals surface area contributed by atoms with Crippen molar-refractivity contribution in [3.63, 3.8) is 0 Å². The Morgan fingerprint density at radius 3 is 2.50 bits per heavy atom. The summed E-state index contributed by atoms with van der Waals surface area (Å²) in [7, 11) is -0.406. The predicted octanol–water partition coefficient (Wildman–Crippen LogP) is 3.05. The Labute approximate surface area is 76.2 Å². The van der Waals surface area contributed by atoms with E-state index in [1.54, 1.807) is 6.07 Å². The number of rotatable bonds is 1. The highest BCUT2D eigenvalue weighted by atomic mass is 79.9. The van der Waals surface area contributed by atoms with E-state index in [9.17, 15) is 4.79 Å². The molecule has 0 amide bonds. The SMILES string of the molecule is O=C(O)c1cc(Br)c[s+]1Br. The highest BCUT2D eigenvalue weighted by Crippen LogP contribution is 2.35. The zero-order valence-corrected chi connectivity index (χ0v) is 8.66. The van der Waals surface area contributed by atoms with E-state index in [-0.39, 0.29) is 0 Å². The molecule has 1 atom stereocenters. The Hall–Kier alpha value is 0.130. The van der Waals surface area contributed by atoms with Crippen LogP contribution in [0.25, 0.3) is 0 Å². The number of carbonyl (C=O) groups is 1. The number of hydrogen-bond acceptors (Lipinski definition) is 1. The molecule has 2 nitrogen and oxygen atoms in total. The molecular formula is C5H3Br2O2S+. The monoisotopic (exact) mass is 285 g/mol. The lowest BCUT2D eigenvalue weighted by atomic mass is 10.5. The van der Waals surface area contributed by atoms with Gasteiger partial charge >= 0.3 is 5.97 Å². The second-order valence-electron chi connectivity index (χ2n) is 1.60. The van der Waals surface area contributed by atoms with Crippen molar-refractivity contribution in [3.05, 3.63) is 20.8 Å². The van der Waals surface area contributed by atoms with Gasteiger partial charge < -0.3 is 5.11 Å². The second kappa shape index (κ2) is 3.02. The van der Waals surface area contributed by atoms with Gasteiger partial charge in [-0.3, -0.25) is 0 Å². The maximum atomic E-state index is 10.4. The van der Waals surface area contributed by atoms with Crippen molar-refractivity contribution in [3.8, 4) is 0 Å². The maximum Gasteiger partial charge on any atom is 0.390 e. The zero-order chi connectivity index (χ0) is 7.72. The average Bonchev–Trinajstić information content (AvgIpc) is 2.10. The Morgan fingerprint density at radius 2 is 2.30 bits per heavy atom. The van der Waals surface area contributed by atoms with E-state index in [2.05, 4.69) is 30.7 Å². The van der Waals surface area contributed by atoms with Crippen molar-refractivity contribution in [2.75, 3.05) is 0 Å². The molecule has 1 rings (SSSR count). The second-order valence-corrected chi connectivity index (χ2v) is 5.85. The van der Waals surface area contributed by atoms with E-state index in [0.717, 1.165) is 4.47 Å². The Balaban J connectivity index is 3.15. The van der Waals surface area contributed by atoms with Gasteiger partial charge in [-0.15, -0.1) is 0 Å². The van der Waals surface area contributed by atoms with Crippen molar-refractivity contribution in [1.29, 1.82) is 0 Å². The molecule has 10 heavy (non-hydrogen) atoms. The van der Waals surface area contributed by atoms with Crippen molar-refractivity contribution in [1.82, 2.24) is 0 Å². The highest BCUT2D eigenvalue weighted by molar-refractivity contribution is 9.34. The van der Waals surface area contributed by atoms with E-state index in [0.29, 0.717) is 4.88 Å². The topological polar surface area (TPSA) is 37.3 Å². The largest absolute Gasteiger partial charge is 0.474 e. The normalized spacial score (nSPS) is 11.6. The quantitative estimate of drug-likeness (QED) is 0.806. The highest BCUT2D eigenvalue weighted by Gasteiger charge is 2.20. The lowest BCUT2D eigenvalue weighted by Crippen LogP contribution is -1.90. The smallest absolute Gasteiger partial charge is 0.390 e. The van der Waals surface area contributed by atoms with E-state index >= 15 is 0 Å². The van der Waals surface area contributed by atoms with Crippen LogP contribution in [-0.2, 0) is 0 Å². The van der Waals surface area contributed by atoms with E-state index in [1.165, 1.54) is 0 Å². The van der Waals surface area contributed by atoms with Crippen LogP contribution >= 0.6 is 39.6 Å².